The van der Waals surface area contributed by atoms with E-state index in [9.17, 15) is 0 Å². The van der Waals surface area contributed by atoms with Crippen LogP contribution in [-0.2, 0) is 6.42 Å². The molecule has 2 nitrogen and oxygen atoms in total. The van der Waals surface area contributed by atoms with Crippen LogP contribution in [-0.4, -0.2) is 9.38 Å². The van der Waals surface area contributed by atoms with Crippen molar-refractivity contribution < 1.29 is 0 Å². The number of pyridine rings is 1. The maximum absolute atomic E-state index is 4.48. The lowest BCUT2D eigenvalue weighted by Gasteiger charge is -1.98. The van der Waals surface area contributed by atoms with Gasteiger partial charge in [0.05, 0.1) is 5.69 Å². The molecule has 13 heavy (non-hydrogen) atoms. The van der Waals surface area contributed by atoms with Gasteiger partial charge in [0.1, 0.15) is 5.65 Å². The van der Waals surface area contributed by atoms with E-state index in [1.54, 1.807) is 0 Å². The second-order valence-corrected chi connectivity index (χ2v) is 4.01. The van der Waals surface area contributed by atoms with Crippen LogP contribution in [0.15, 0.2) is 22.9 Å². The van der Waals surface area contributed by atoms with Crippen molar-refractivity contribution in [3.05, 3.63) is 34.2 Å². The molecule has 2 aromatic rings. The van der Waals surface area contributed by atoms with Gasteiger partial charge in [0.15, 0.2) is 0 Å². The number of fused-ring (bicyclic) bond motifs is 1. The monoisotopic (exact) mass is 238 g/mol. The van der Waals surface area contributed by atoms with Crippen molar-refractivity contribution in [3.63, 3.8) is 0 Å². The van der Waals surface area contributed by atoms with Crippen LogP contribution in [0.2, 0.25) is 0 Å². The Morgan fingerprint density at radius 1 is 1.46 bits per heavy atom. The van der Waals surface area contributed by atoms with Gasteiger partial charge in [0.2, 0.25) is 0 Å². The van der Waals surface area contributed by atoms with Gasteiger partial charge in [-0.25, -0.2) is 4.98 Å². The summed E-state index contributed by atoms with van der Waals surface area (Å²) in [4.78, 5) is 4.48. The van der Waals surface area contributed by atoms with E-state index in [4.69, 9.17) is 0 Å². The minimum absolute atomic E-state index is 0.984. The summed E-state index contributed by atoms with van der Waals surface area (Å²) >= 11 is 3.50. The lowest BCUT2D eigenvalue weighted by atomic mass is 10.3. The normalized spacial score (nSPS) is 11.0. The van der Waals surface area contributed by atoms with Crippen LogP contribution in [0.3, 0.4) is 0 Å². The molecular formula is C10H11BrN2. The Morgan fingerprint density at radius 3 is 2.92 bits per heavy atom. The lowest BCUT2D eigenvalue weighted by molar-refractivity contribution is 1.07. The Balaban J connectivity index is 2.70. The first-order chi connectivity index (χ1) is 6.20. The third-order valence-electron chi connectivity index (χ3n) is 2.15. The summed E-state index contributed by atoms with van der Waals surface area (Å²) in [6.07, 6.45) is 5.11. The number of halogens is 1. The highest BCUT2D eigenvalue weighted by molar-refractivity contribution is 9.10. The number of rotatable bonds is 1. The fraction of sp³-hybridized carbons (Fsp3) is 0.300. The molecule has 0 aromatic carbocycles. The highest BCUT2D eigenvalue weighted by atomic mass is 79.9. The molecule has 3 heteroatoms. The summed E-state index contributed by atoms with van der Waals surface area (Å²) in [5.74, 6) is 0. The van der Waals surface area contributed by atoms with Crippen molar-refractivity contribution in [2.45, 2.75) is 20.3 Å². The molecule has 68 valence electrons. The molecule has 2 rings (SSSR count). The minimum Gasteiger partial charge on any atom is -0.306 e. The molecule has 0 amide bonds. The van der Waals surface area contributed by atoms with E-state index in [0.29, 0.717) is 0 Å². The fourth-order valence-corrected chi connectivity index (χ4v) is 1.66. The second-order valence-electron chi connectivity index (χ2n) is 3.16. The van der Waals surface area contributed by atoms with E-state index in [1.165, 1.54) is 5.56 Å². The SMILES string of the molecule is CCc1cn2cc(Br)c(C)cc2n1. The summed E-state index contributed by atoms with van der Waals surface area (Å²) in [6.45, 7) is 4.19. The molecule has 2 heterocycles. The molecule has 0 aliphatic heterocycles. The van der Waals surface area contributed by atoms with Crippen LogP contribution >= 0.6 is 15.9 Å². The standard InChI is InChI=1S/C10H11BrN2/c1-3-8-5-13-6-9(11)7(2)4-10(13)12-8/h4-6H,3H2,1-2H3. The minimum atomic E-state index is 0.984. The molecule has 2 aromatic heterocycles. The molecule has 0 aliphatic carbocycles. The first-order valence-electron chi connectivity index (χ1n) is 4.34. The topological polar surface area (TPSA) is 17.3 Å². The third kappa shape index (κ3) is 1.48. The predicted molar refractivity (Wildman–Crippen MR) is 57.0 cm³/mol. The Hall–Kier alpha value is -0.830. The zero-order valence-electron chi connectivity index (χ0n) is 7.71. The molecular weight excluding hydrogens is 228 g/mol. The molecule has 0 saturated carbocycles. The van der Waals surface area contributed by atoms with Gasteiger partial charge in [-0.2, -0.15) is 0 Å². The van der Waals surface area contributed by atoms with Gasteiger partial charge in [-0.05, 0) is 40.9 Å². The van der Waals surface area contributed by atoms with Crippen molar-refractivity contribution in [2.24, 2.45) is 0 Å². The molecule has 0 spiro atoms. The number of imidazole rings is 1. The van der Waals surface area contributed by atoms with Gasteiger partial charge in [-0.1, -0.05) is 6.92 Å². The molecule has 0 bridgehead atoms. The fourth-order valence-electron chi connectivity index (χ4n) is 1.33. The average Bonchev–Trinajstić information content (AvgIpc) is 2.48. The van der Waals surface area contributed by atoms with Gasteiger partial charge in [0.25, 0.3) is 0 Å². The van der Waals surface area contributed by atoms with E-state index in [-0.39, 0.29) is 0 Å². The van der Waals surface area contributed by atoms with Crippen LogP contribution in [0.4, 0.5) is 0 Å². The number of nitrogens with zero attached hydrogens (tertiary/aromatic N) is 2. The number of aromatic nitrogens is 2. The maximum Gasteiger partial charge on any atom is 0.137 e. The summed E-state index contributed by atoms with van der Waals surface area (Å²) in [5.41, 5.74) is 3.39. The summed E-state index contributed by atoms with van der Waals surface area (Å²) in [6, 6.07) is 2.09. The van der Waals surface area contributed by atoms with Gasteiger partial charge < -0.3 is 4.40 Å². The van der Waals surface area contributed by atoms with Gasteiger partial charge in [0, 0.05) is 16.9 Å². The number of hydrogen-bond donors (Lipinski definition) is 0. The Bertz CT molecular complexity index is 406. The quantitative estimate of drug-likeness (QED) is 0.747. The Morgan fingerprint density at radius 2 is 2.23 bits per heavy atom. The smallest absolute Gasteiger partial charge is 0.137 e. The van der Waals surface area contributed by atoms with Crippen LogP contribution < -0.4 is 0 Å². The van der Waals surface area contributed by atoms with E-state index >= 15 is 0 Å². The van der Waals surface area contributed by atoms with Crippen LogP contribution in [0.25, 0.3) is 5.65 Å². The number of aryl methyl sites for hydroxylation is 2. The van der Waals surface area contributed by atoms with Crippen molar-refractivity contribution in [1.82, 2.24) is 9.38 Å². The Kier molecular flexibility index (Phi) is 2.12. The van der Waals surface area contributed by atoms with Gasteiger partial charge in [-0.15, -0.1) is 0 Å². The molecule has 0 N–H and O–H groups in total. The van der Waals surface area contributed by atoms with E-state index in [1.807, 2.05) is 0 Å². The maximum atomic E-state index is 4.48. The molecule has 0 aliphatic rings. The zero-order valence-corrected chi connectivity index (χ0v) is 9.30. The predicted octanol–water partition coefficient (Wildman–Crippen LogP) is 2.97. The van der Waals surface area contributed by atoms with Crippen molar-refractivity contribution >= 4 is 21.6 Å². The third-order valence-corrected chi connectivity index (χ3v) is 2.98. The average molecular weight is 239 g/mol. The number of hydrogen-bond acceptors (Lipinski definition) is 1. The molecule has 0 unspecified atom stereocenters. The van der Waals surface area contributed by atoms with E-state index in [2.05, 4.69) is 57.6 Å². The summed E-state index contributed by atoms with van der Waals surface area (Å²) in [7, 11) is 0. The van der Waals surface area contributed by atoms with Gasteiger partial charge in [-0.3, -0.25) is 0 Å². The highest BCUT2D eigenvalue weighted by Crippen LogP contribution is 2.18. The van der Waals surface area contributed by atoms with E-state index in [0.717, 1.165) is 22.2 Å². The lowest BCUT2D eigenvalue weighted by Crippen LogP contribution is -1.85. The van der Waals surface area contributed by atoms with Crippen molar-refractivity contribution in [3.8, 4) is 0 Å². The molecule has 0 fully saturated rings. The summed E-state index contributed by atoms with van der Waals surface area (Å²) in [5, 5.41) is 0. The molecule has 0 radical (unpaired) electrons. The first kappa shape index (κ1) is 8.75. The van der Waals surface area contributed by atoms with Crippen LogP contribution in [0, 0.1) is 6.92 Å². The van der Waals surface area contributed by atoms with Crippen molar-refractivity contribution in [1.29, 1.82) is 0 Å². The van der Waals surface area contributed by atoms with Gasteiger partial charge >= 0.3 is 0 Å². The summed E-state index contributed by atoms with van der Waals surface area (Å²) < 4.78 is 3.18. The molecule has 0 saturated heterocycles. The van der Waals surface area contributed by atoms with Crippen molar-refractivity contribution in [2.75, 3.05) is 0 Å². The second kappa shape index (κ2) is 3.14. The largest absolute Gasteiger partial charge is 0.306 e. The zero-order chi connectivity index (χ0) is 9.42. The first-order valence-corrected chi connectivity index (χ1v) is 5.13. The van der Waals surface area contributed by atoms with Crippen LogP contribution in [0.1, 0.15) is 18.2 Å². The van der Waals surface area contributed by atoms with Crippen LogP contribution in [0.5, 0.6) is 0 Å². The van der Waals surface area contributed by atoms with E-state index < -0.39 is 0 Å². The Labute approximate surface area is 85.7 Å². The molecule has 0 atom stereocenters. The highest BCUT2D eigenvalue weighted by Gasteiger charge is 2.01.